The van der Waals surface area contributed by atoms with Gasteiger partial charge in [-0.3, -0.25) is 4.90 Å². The van der Waals surface area contributed by atoms with Crippen molar-refractivity contribution < 1.29 is 15.1 Å². The fourth-order valence-electron chi connectivity index (χ4n) is 3.61. The summed E-state index contributed by atoms with van der Waals surface area (Å²) in [5.41, 5.74) is 0. The second kappa shape index (κ2) is 29.5. The molecule has 31 heavy (non-hydrogen) atoms. The van der Waals surface area contributed by atoms with E-state index in [0.29, 0.717) is 13.2 Å². The molecule has 0 bridgehead atoms. The molecular formula is C27H59N2O2+. The number of quaternary nitrogens is 1. The Labute approximate surface area is 195 Å². The Balaban J connectivity index is 0. The zero-order valence-corrected chi connectivity index (χ0v) is 21.9. The van der Waals surface area contributed by atoms with Gasteiger partial charge in [-0.15, -0.1) is 0 Å². The molecule has 0 aromatic carbocycles. The lowest BCUT2D eigenvalue weighted by Gasteiger charge is -2.07. The first-order valence-corrected chi connectivity index (χ1v) is 13.8. The van der Waals surface area contributed by atoms with Crippen LogP contribution in [0.2, 0.25) is 0 Å². The molecule has 0 amide bonds. The summed E-state index contributed by atoms with van der Waals surface area (Å²) in [5.74, 6) is 1.42. The van der Waals surface area contributed by atoms with Crippen molar-refractivity contribution in [1.82, 2.24) is 0 Å². The number of likely N-dealkylation sites (N-methyl/N-ethyl adjacent to an activating group) is 1. The molecule has 0 spiro atoms. The molecule has 1 aliphatic rings. The van der Waals surface area contributed by atoms with Crippen LogP contribution in [0.4, 0.5) is 0 Å². The van der Waals surface area contributed by atoms with E-state index in [0.717, 1.165) is 19.4 Å². The number of hydrogen-bond donors (Lipinski definition) is 3. The number of rotatable bonds is 18. The third-order valence-corrected chi connectivity index (χ3v) is 5.82. The van der Waals surface area contributed by atoms with Gasteiger partial charge in [-0.25, -0.2) is 4.99 Å². The van der Waals surface area contributed by atoms with Crippen molar-refractivity contribution in [3.05, 3.63) is 0 Å². The Morgan fingerprint density at radius 1 is 0.613 bits per heavy atom. The van der Waals surface area contributed by atoms with Crippen molar-refractivity contribution >= 4 is 5.84 Å². The summed E-state index contributed by atoms with van der Waals surface area (Å²) < 4.78 is 0. The van der Waals surface area contributed by atoms with E-state index in [2.05, 4.69) is 32.8 Å². The topological polar surface area (TPSA) is 57.3 Å². The van der Waals surface area contributed by atoms with Gasteiger partial charge in [0.05, 0.1) is 13.6 Å². The van der Waals surface area contributed by atoms with Gasteiger partial charge in [-0.05, 0) is 19.3 Å². The average molecular weight is 444 g/mol. The SMILES string of the molecule is CCCCCCCCCCCC1=NCC[NH+]1C.CCCCCCO.CCCCCCO. The van der Waals surface area contributed by atoms with Crippen LogP contribution in [0.3, 0.4) is 0 Å². The zero-order chi connectivity index (χ0) is 23.4. The number of nitrogens with one attached hydrogen (secondary N) is 1. The molecule has 1 rings (SSSR count). The molecule has 0 fully saturated rings. The average Bonchev–Trinajstić information content (AvgIpc) is 3.19. The summed E-state index contributed by atoms with van der Waals surface area (Å²) in [6, 6.07) is 0. The van der Waals surface area contributed by atoms with Gasteiger partial charge in [0, 0.05) is 19.6 Å². The maximum Gasteiger partial charge on any atom is 0.196 e. The van der Waals surface area contributed by atoms with Crippen LogP contribution in [0.15, 0.2) is 4.99 Å². The summed E-state index contributed by atoms with van der Waals surface area (Å²) in [6.07, 6.45) is 23.4. The third-order valence-electron chi connectivity index (χ3n) is 5.82. The van der Waals surface area contributed by atoms with Crippen LogP contribution < -0.4 is 4.90 Å². The lowest BCUT2D eigenvalue weighted by Crippen LogP contribution is -3.10. The predicted octanol–water partition coefficient (Wildman–Crippen LogP) is 5.95. The number of amidine groups is 1. The van der Waals surface area contributed by atoms with E-state index in [4.69, 9.17) is 10.2 Å². The van der Waals surface area contributed by atoms with Gasteiger partial charge in [0.15, 0.2) is 5.84 Å². The molecule has 4 nitrogen and oxygen atoms in total. The van der Waals surface area contributed by atoms with Crippen molar-refractivity contribution in [3.8, 4) is 0 Å². The van der Waals surface area contributed by atoms with E-state index >= 15 is 0 Å². The highest BCUT2D eigenvalue weighted by molar-refractivity contribution is 5.74. The highest BCUT2D eigenvalue weighted by Gasteiger charge is 2.16. The molecule has 0 aliphatic carbocycles. The fourth-order valence-corrected chi connectivity index (χ4v) is 3.61. The molecule has 0 saturated heterocycles. The Morgan fingerprint density at radius 2 is 1.00 bits per heavy atom. The highest BCUT2D eigenvalue weighted by atomic mass is 16.3. The van der Waals surface area contributed by atoms with Gasteiger partial charge in [0.1, 0.15) is 6.54 Å². The van der Waals surface area contributed by atoms with Crippen molar-refractivity contribution in [2.75, 3.05) is 33.4 Å². The highest BCUT2D eigenvalue weighted by Crippen LogP contribution is 2.10. The molecule has 0 saturated carbocycles. The molecule has 1 atom stereocenters. The van der Waals surface area contributed by atoms with Gasteiger partial charge in [-0.2, -0.15) is 0 Å². The second-order valence-corrected chi connectivity index (χ2v) is 9.01. The quantitative estimate of drug-likeness (QED) is 0.229. The van der Waals surface area contributed by atoms with Crippen molar-refractivity contribution in [2.24, 2.45) is 4.99 Å². The van der Waals surface area contributed by atoms with E-state index in [-0.39, 0.29) is 0 Å². The second-order valence-electron chi connectivity index (χ2n) is 9.01. The third kappa shape index (κ3) is 27.5. The maximum absolute atomic E-state index is 8.29. The molecule has 0 aromatic heterocycles. The van der Waals surface area contributed by atoms with Crippen molar-refractivity contribution in [3.63, 3.8) is 0 Å². The minimum absolute atomic E-state index is 0.361. The Kier molecular flexibility index (Phi) is 31.2. The number of hydrogen-bond acceptors (Lipinski definition) is 3. The Bertz CT molecular complexity index is 330. The van der Waals surface area contributed by atoms with Crippen LogP contribution in [0.1, 0.15) is 136 Å². The summed E-state index contributed by atoms with van der Waals surface area (Å²) >= 11 is 0. The Morgan fingerprint density at radius 3 is 1.35 bits per heavy atom. The van der Waals surface area contributed by atoms with E-state index in [9.17, 15) is 0 Å². The van der Waals surface area contributed by atoms with E-state index in [1.807, 2.05) is 0 Å². The van der Waals surface area contributed by atoms with Gasteiger partial charge >= 0.3 is 0 Å². The normalized spacial score (nSPS) is 15.0. The number of unbranched alkanes of at least 4 members (excludes halogenated alkanes) is 14. The van der Waals surface area contributed by atoms with Crippen molar-refractivity contribution in [1.29, 1.82) is 0 Å². The first-order valence-electron chi connectivity index (χ1n) is 13.8. The van der Waals surface area contributed by atoms with Crippen molar-refractivity contribution in [2.45, 2.75) is 136 Å². The minimum atomic E-state index is 0.361. The first kappa shape index (κ1) is 32.7. The summed E-state index contributed by atoms with van der Waals surface area (Å²) in [6.45, 7) is 9.60. The number of aliphatic imine (C=N–C) groups is 1. The van der Waals surface area contributed by atoms with E-state index in [1.54, 1.807) is 4.90 Å². The van der Waals surface area contributed by atoms with Crippen LogP contribution in [-0.4, -0.2) is 49.4 Å². The van der Waals surface area contributed by atoms with Crippen LogP contribution >= 0.6 is 0 Å². The molecular weight excluding hydrogens is 384 g/mol. The van der Waals surface area contributed by atoms with Crippen LogP contribution in [-0.2, 0) is 0 Å². The molecule has 1 aliphatic heterocycles. The number of aliphatic hydroxyl groups excluding tert-OH is 2. The van der Waals surface area contributed by atoms with E-state index < -0.39 is 0 Å². The molecule has 4 heteroatoms. The Hall–Kier alpha value is -0.450. The molecule has 0 radical (unpaired) electrons. The smallest absolute Gasteiger partial charge is 0.196 e. The monoisotopic (exact) mass is 443 g/mol. The zero-order valence-electron chi connectivity index (χ0n) is 21.9. The minimum Gasteiger partial charge on any atom is -0.396 e. The standard InChI is InChI=1S/C15H30N2.2C6H14O/c1-3-4-5-6-7-8-9-10-11-12-15-16-13-14-17(15)2;2*1-2-3-4-5-6-7/h3-14H2,1-2H3;2*7H,2-6H2,1H3/p+1. The van der Waals surface area contributed by atoms with Crippen LogP contribution in [0.25, 0.3) is 0 Å². The maximum atomic E-state index is 8.29. The molecule has 1 unspecified atom stereocenters. The van der Waals surface area contributed by atoms with Gasteiger partial charge in [0.2, 0.25) is 0 Å². The van der Waals surface area contributed by atoms with Crippen LogP contribution in [0.5, 0.6) is 0 Å². The van der Waals surface area contributed by atoms with Gasteiger partial charge in [0.25, 0.3) is 0 Å². The summed E-state index contributed by atoms with van der Waals surface area (Å²) in [7, 11) is 2.25. The van der Waals surface area contributed by atoms with Gasteiger partial charge in [-0.1, -0.05) is 111 Å². The summed E-state index contributed by atoms with van der Waals surface area (Å²) in [4.78, 5) is 6.11. The van der Waals surface area contributed by atoms with E-state index in [1.165, 1.54) is 115 Å². The summed E-state index contributed by atoms with van der Waals surface area (Å²) in [5, 5.41) is 16.6. The molecule has 1 heterocycles. The lowest BCUT2D eigenvalue weighted by molar-refractivity contribution is -0.775. The predicted molar refractivity (Wildman–Crippen MR) is 138 cm³/mol. The van der Waals surface area contributed by atoms with Gasteiger partial charge < -0.3 is 10.2 Å². The first-order chi connectivity index (χ1) is 15.2. The lowest BCUT2D eigenvalue weighted by atomic mass is 10.1. The largest absolute Gasteiger partial charge is 0.396 e. The fraction of sp³-hybridized carbons (Fsp3) is 0.963. The molecule has 0 aromatic rings. The number of aliphatic hydroxyl groups is 2. The molecule has 3 N–H and O–H groups in total. The molecule has 188 valence electrons. The number of nitrogens with zero attached hydrogens (tertiary/aromatic N) is 1. The van der Waals surface area contributed by atoms with Crippen LogP contribution in [0, 0.1) is 0 Å².